The molecule has 0 aromatic carbocycles. The minimum atomic E-state index is 0.496. The molecular weight excluding hydrogens is 312 g/mol. The fourth-order valence-corrected chi connectivity index (χ4v) is 4.24. The second kappa shape index (κ2) is 8.05. The van der Waals surface area contributed by atoms with Crippen LogP contribution in [0.4, 0.5) is 0 Å². The Morgan fingerprint density at radius 1 is 1.24 bits per heavy atom. The quantitative estimate of drug-likeness (QED) is 0.856. The predicted molar refractivity (Wildman–Crippen MR) is 98.5 cm³/mol. The molecule has 1 aromatic heterocycles. The van der Waals surface area contributed by atoms with E-state index in [1.807, 2.05) is 18.7 Å². The van der Waals surface area contributed by atoms with Gasteiger partial charge in [0.15, 0.2) is 0 Å². The van der Waals surface area contributed by atoms with E-state index in [1.165, 1.54) is 55.2 Å². The SMILES string of the molecule is C1=CC2=C(CO1)C(CCc1cncc(OC[C@@H]3CCCN3)c1)CCC2. The lowest BCUT2D eigenvalue weighted by Gasteiger charge is -2.29. The molecule has 134 valence electrons. The number of nitrogens with zero attached hydrogens (tertiary/aromatic N) is 1. The summed E-state index contributed by atoms with van der Waals surface area (Å²) in [5.41, 5.74) is 4.32. The molecule has 4 heteroatoms. The van der Waals surface area contributed by atoms with Gasteiger partial charge in [-0.2, -0.15) is 0 Å². The van der Waals surface area contributed by atoms with E-state index >= 15 is 0 Å². The van der Waals surface area contributed by atoms with Crippen molar-refractivity contribution in [2.45, 2.75) is 51.0 Å². The van der Waals surface area contributed by atoms with E-state index in [0.717, 1.165) is 31.9 Å². The van der Waals surface area contributed by atoms with Crippen LogP contribution in [0.2, 0.25) is 0 Å². The van der Waals surface area contributed by atoms with Crippen LogP contribution in [0.1, 0.15) is 44.1 Å². The number of allylic oxidation sites excluding steroid dienone is 2. The van der Waals surface area contributed by atoms with Crippen LogP contribution in [0.25, 0.3) is 0 Å². The number of aryl methyl sites for hydroxylation is 1. The molecule has 1 fully saturated rings. The zero-order valence-corrected chi connectivity index (χ0v) is 14.9. The molecule has 0 spiro atoms. The lowest BCUT2D eigenvalue weighted by Crippen LogP contribution is -2.28. The molecule has 0 amide bonds. The molecule has 0 saturated carbocycles. The van der Waals surface area contributed by atoms with Crippen molar-refractivity contribution in [1.29, 1.82) is 0 Å². The summed E-state index contributed by atoms with van der Waals surface area (Å²) in [4.78, 5) is 4.38. The van der Waals surface area contributed by atoms with Crippen molar-refractivity contribution < 1.29 is 9.47 Å². The molecule has 0 bridgehead atoms. The second-order valence-corrected chi connectivity index (χ2v) is 7.43. The highest BCUT2D eigenvalue weighted by Gasteiger charge is 2.23. The van der Waals surface area contributed by atoms with Crippen LogP contribution in [0.15, 0.2) is 41.9 Å². The van der Waals surface area contributed by atoms with Gasteiger partial charge in [-0.1, -0.05) is 0 Å². The van der Waals surface area contributed by atoms with Crippen LogP contribution in [0, 0.1) is 5.92 Å². The van der Waals surface area contributed by atoms with Crippen molar-refractivity contribution >= 4 is 0 Å². The minimum absolute atomic E-state index is 0.496. The molecule has 1 unspecified atom stereocenters. The molecule has 4 nitrogen and oxygen atoms in total. The van der Waals surface area contributed by atoms with Crippen LogP contribution in [-0.2, 0) is 11.2 Å². The minimum Gasteiger partial charge on any atom is -0.497 e. The first-order chi connectivity index (χ1) is 12.4. The first-order valence-corrected chi connectivity index (χ1v) is 9.68. The normalized spacial score (nSPS) is 25.6. The lowest BCUT2D eigenvalue weighted by molar-refractivity contribution is 0.249. The van der Waals surface area contributed by atoms with Crippen molar-refractivity contribution in [2.24, 2.45) is 5.92 Å². The first kappa shape index (κ1) is 16.6. The van der Waals surface area contributed by atoms with Crippen LogP contribution in [0.3, 0.4) is 0 Å². The highest BCUT2D eigenvalue weighted by molar-refractivity contribution is 5.32. The van der Waals surface area contributed by atoms with Gasteiger partial charge in [0.05, 0.1) is 12.5 Å². The Bertz CT molecular complexity index is 647. The third kappa shape index (κ3) is 4.24. The molecule has 3 aliphatic rings. The van der Waals surface area contributed by atoms with Crippen molar-refractivity contribution in [3.63, 3.8) is 0 Å². The molecule has 25 heavy (non-hydrogen) atoms. The lowest BCUT2D eigenvalue weighted by atomic mass is 9.79. The molecule has 1 saturated heterocycles. The maximum Gasteiger partial charge on any atom is 0.137 e. The Morgan fingerprint density at radius 2 is 2.24 bits per heavy atom. The molecule has 4 rings (SSSR count). The van der Waals surface area contributed by atoms with E-state index in [0.29, 0.717) is 12.0 Å². The fraction of sp³-hybridized carbons (Fsp3) is 0.571. The number of pyridine rings is 1. The molecule has 2 aliphatic heterocycles. The van der Waals surface area contributed by atoms with Gasteiger partial charge in [0.25, 0.3) is 0 Å². The van der Waals surface area contributed by atoms with Gasteiger partial charge < -0.3 is 14.8 Å². The van der Waals surface area contributed by atoms with Gasteiger partial charge in [-0.25, -0.2) is 0 Å². The summed E-state index contributed by atoms with van der Waals surface area (Å²) in [5.74, 6) is 1.56. The zero-order chi connectivity index (χ0) is 16.9. The highest BCUT2D eigenvalue weighted by Crippen LogP contribution is 2.35. The van der Waals surface area contributed by atoms with Crippen molar-refractivity contribution in [2.75, 3.05) is 19.8 Å². The molecule has 1 aromatic rings. The topological polar surface area (TPSA) is 43.4 Å². The van der Waals surface area contributed by atoms with Crippen LogP contribution >= 0.6 is 0 Å². The molecule has 1 N–H and O–H groups in total. The third-order valence-corrected chi connectivity index (χ3v) is 5.67. The summed E-state index contributed by atoms with van der Waals surface area (Å²) < 4.78 is 11.5. The van der Waals surface area contributed by atoms with Crippen LogP contribution in [-0.4, -0.2) is 30.8 Å². The Hall–Kier alpha value is -1.81. The van der Waals surface area contributed by atoms with Crippen molar-refractivity contribution in [1.82, 2.24) is 10.3 Å². The van der Waals surface area contributed by atoms with Gasteiger partial charge >= 0.3 is 0 Å². The van der Waals surface area contributed by atoms with E-state index < -0.39 is 0 Å². The van der Waals surface area contributed by atoms with Crippen LogP contribution in [0.5, 0.6) is 5.75 Å². The Labute approximate surface area is 150 Å². The number of hydrogen-bond donors (Lipinski definition) is 1. The second-order valence-electron chi connectivity index (χ2n) is 7.43. The number of hydrogen-bond acceptors (Lipinski definition) is 4. The number of nitrogens with one attached hydrogen (secondary N) is 1. The van der Waals surface area contributed by atoms with Crippen molar-refractivity contribution in [3.8, 4) is 5.75 Å². The summed E-state index contributed by atoms with van der Waals surface area (Å²) in [6.45, 7) is 2.64. The monoisotopic (exact) mass is 340 g/mol. The van der Waals surface area contributed by atoms with Gasteiger partial charge in [-0.3, -0.25) is 4.98 Å². The average molecular weight is 340 g/mol. The molecule has 1 aliphatic carbocycles. The predicted octanol–water partition coefficient (Wildman–Crippen LogP) is 3.79. The maximum atomic E-state index is 5.94. The fourth-order valence-electron chi connectivity index (χ4n) is 4.24. The summed E-state index contributed by atoms with van der Waals surface area (Å²) in [6.07, 6.45) is 16.3. The van der Waals surface area contributed by atoms with Gasteiger partial charge in [0.1, 0.15) is 19.0 Å². The van der Waals surface area contributed by atoms with Gasteiger partial charge in [-0.05, 0) is 86.3 Å². The van der Waals surface area contributed by atoms with E-state index in [4.69, 9.17) is 9.47 Å². The summed E-state index contributed by atoms with van der Waals surface area (Å²) >= 11 is 0. The smallest absolute Gasteiger partial charge is 0.137 e. The average Bonchev–Trinajstić information content (AvgIpc) is 3.19. The summed E-state index contributed by atoms with van der Waals surface area (Å²) in [7, 11) is 0. The van der Waals surface area contributed by atoms with E-state index in [1.54, 1.807) is 0 Å². The summed E-state index contributed by atoms with van der Waals surface area (Å²) in [6, 6.07) is 2.66. The maximum absolute atomic E-state index is 5.94. The van der Waals surface area contributed by atoms with Gasteiger partial charge in [0.2, 0.25) is 0 Å². The largest absolute Gasteiger partial charge is 0.497 e. The molecule has 0 radical (unpaired) electrons. The zero-order valence-electron chi connectivity index (χ0n) is 14.9. The number of rotatable bonds is 6. The van der Waals surface area contributed by atoms with E-state index in [9.17, 15) is 0 Å². The van der Waals surface area contributed by atoms with E-state index in [2.05, 4.69) is 22.4 Å². The van der Waals surface area contributed by atoms with Gasteiger partial charge in [-0.15, -0.1) is 0 Å². The Balaban J connectivity index is 1.33. The molecule has 3 heterocycles. The number of ether oxygens (including phenoxy) is 2. The Kier molecular flexibility index (Phi) is 5.36. The van der Waals surface area contributed by atoms with E-state index in [-0.39, 0.29) is 0 Å². The first-order valence-electron chi connectivity index (χ1n) is 9.68. The summed E-state index contributed by atoms with van der Waals surface area (Å²) in [5, 5.41) is 3.47. The third-order valence-electron chi connectivity index (χ3n) is 5.67. The standard InChI is InChI=1S/C21H28N2O2/c1-3-17(21-15-24-10-8-18(21)4-1)7-6-16-11-20(13-22-12-16)25-14-19-5-2-9-23-19/h8,10-13,17,19,23H,1-7,9,14-15H2/t17?,19-/m0/s1. The van der Waals surface area contributed by atoms with Crippen LogP contribution < -0.4 is 10.1 Å². The Morgan fingerprint density at radius 3 is 3.16 bits per heavy atom. The highest BCUT2D eigenvalue weighted by atomic mass is 16.5. The van der Waals surface area contributed by atoms with Gasteiger partial charge in [0, 0.05) is 12.2 Å². The number of aromatic nitrogens is 1. The molecular formula is C21H28N2O2. The van der Waals surface area contributed by atoms with Crippen molar-refractivity contribution in [3.05, 3.63) is 47.5 Å². The molecule has 2 atom stereocenters.